The number of halogens is 2. The van der Waals surface area contributed by atoms with Gasteiger partial charge in [-0.05, 0) is 51.1 Å². The van der Waals surface area contributed by atoms with Gasteiger partial charge in [0.15, 0.2) is 5.78 Å². The highest BCUT2D eigenvalue weighted by Gasteiger charge is 2.49. The normalized spacial score (nSPS) is 18.4. The molecule has 2 nitrogen and oxygen atoms in total. The number of Topliss-reactive ketones (excluding diaryl/α,β-unsaturated/α-hetero) is 1. The minimum atomic E-state index is -0.107. The van der Waals surface area contributed by atoms with Crippen molar-refractivity contribution in [3.05, 3.63) is 33.8 Å². The molecule has 0 aliphatic heterocycles. The molecule has 2 rings (SSSR count). The number of hydrogen-bond donors (Lipinski definition) is 0. The first-order valence-electron chi connectivity index (χ1n) is 7.57. The fourth-order valence-electron chi connectivity index (χ4n) is 3.56. The van der Waals surface area contributed by atoms with E-state index in [1.54, 1.807) is 0 Å². The number of likely N-dealkylation sites (N-methyl/N-ethyl adjacent to an activating group) is 1. The van der Waals surface area contributed by atoms with Crippen LogP contribution in [0, 0.1) is 0 Å². The monoisotopic (exact) mass is 327 g/mol. The molecule has 1 unspecified atom stereocenters. The van der Waals surface area contributed by atoms with E-state index in [0.29, 0.717) is 22.2 Å². The zero-order chi connectivity index (χ0) is 15.6. The van der Waals surface area contributed by atoms with Crippen LogP contribution in [0.5, 0.6) is 0 Å². The zero-order valence-corrected chi connectivity index (χ0v) is 14.5. The average molecular weight is 328 g/mol. The van der Waals surface area contributed by atoms with Crippen molar-refractivity contribution in [3.8, 4) is 0 Å². The van der Waals surface area contributed by atoms with Gasteiger partial charge in [0, 0.05) is 11.8 Å². The Morgan fingerprint density at radius 3 is 2.38 bits per heavy atom. The summed E-state index contributed by atoms with van der Waals surface area (Å²) < 4.78 is 0. The lowest BCUT2D eigenvalue weighted by Gasteiger charge is -2.50. The number of benzene rings is 1. The number of carbonyl (C=O) groups is 1. The van der Waals surface area contributed by atoms with Gasteiger partial charge in [0.1, 0.15) is 0 Å². The van der Waals surface area contributed by atoms with Crippen molar-refractivity contribution >= 4 is 29.0 Å². The molecule has 1 aliphatic rings. The lowest BCUT2D eigenvalue weighted by atomic mass is 9.58. The maximum absolute atomic E-state index is 12.6. The Balaban J connectivity index is 2.42. The van der Waals surface area contributed by atoms with Crippen LogP contribution >= 0.6 is 23.2 Å². The van der Waals surface area contributed by atoms with Crippen molar-refractivity contribution in [1.29, 1.82) is 0 Å². The summed E-state index contributed by atoms with van der Waals surface area (Å²) in [6.07, 6.45) is 4.74. The zero-order valence-electron chi connectivity index (χ0n) is 13.0. The molecule has 4 heteroatoms. The van der Waals surface area contributed by atoms with E-state index in [0.717, 1.165) is 31.2 Å². The Morgan fingerprint density at radius 1 is 1.29 bits per heavy atom. The van der Waals surface area contributed by atoms with Gasteiger partial charge in [-0.15, -0.1) is 0 Å². The lowest BCUT2D eigenvalue weighted by molar-refractivity contribution is -0.127. The molecular formula is C17H23Cl2NO. The fraction of sp³-hybridized carbons (Fsp3) is 0.588. The number of rotatable bonds is 6. The molecule has 1 aromatic carbocycles. The fourth-order valence-corrected chi connectivity index (χ4v) is 3.86. The van der Waals surface area contributed by atoms with Crippen LogP contribution in [0.3, 0.4) is 0 Å². The molecule has 1 saturated carbocycles. The van der Waals surface area contributed by atoms with Crippen molar-refractivity contribution < 1.29 is 4.79 Å². The van der Waals surface area contributed by atoms with Crippen molar-refractivity contribution in [3.63, 3.8) is 0 Å². The number of nitrogens with zero attached hydrogens (tertiary/aromatic N) is 1. The summed E-state index contributed by atoms with van der Waals surface area (Å²) in [7, 11) is 3.99. The standard InChI is InChI=1S/C17H23Cl2NO/c1-4-6-15(21)16(20(2)3)17(9-5-10-17)12-7-8-13(18)14(19)11-12/h7-8,11,16H,4-6,9-10H2,1-3H3. The van der Waals surface area contributed by atoms with Gasteiger partial charge in [-0.25, -0.2) is 0 Å². The Morgan fingerprint density at radius 2 is 1.95 bits per heavy atom. The largest absolute Gasteiger partial charge is 0.299 e. The summed E-state index contributed by atoms with van der Waals surface area (Å²) in [4.78, 5) is 14.7. The second-order valence-electron chi connectivity index (χ2n) is 6.22. The van der Waals surface area contributed by atoms with Crippen LogP contribution in [-0.2, 0) is 10.2 Å². The first-order valence-corrected chi connectivity index (χ1v) is 8.32. The van der Waals surface area contributed by atoms with Crippen LogP contribution < -0.4 is 0 Å². The van der Waals surface area contributed by atoms with Crippen LogP contribution in [0.4, 0.5) is 0 Å². The SMILES string of the molecule is CCCC(=O)C(N(C)C)C1(c2ccc(Cl)c(Cl)c2)CCC1. The van der Waals surface area contributed by atoms with Crippen molar-refractivity contribution in [2.75, 3.05) is 14.1 Å². The summed E-state index contributed by atoms with van der Waals surface area (Å²) in [6.45, 7) is 2.05. The number of ketones is 1. The van der Waals surface area contributed by atoms with Crippen molar-refractivity contribution in [2.24, 2.45) is 0 Å². The molecule has 116 valence electrons. The van der Waals surface area contributed by atoms with E-state index in [9.17, 15) is 4.79 Å². The Kier molecular flexibility index (Phi) is 5.34. The van der Waals surface area contributed by atoms with E-state index >= 15 is 0 Å². The predicted octanol–water partition coefficient (Wildman–Crippen LogP) is 4.71. The number of carbonyl (C=O) groups excluding carboxylic acids is 1. The Hall–Kier alpha value is -0.570. The summed E-state index contributed by atoms with van der Waals surface area (Å²) in [6, 6.07) is 5.74. The lowest BCUT2D eigenvalue weighted by Crippen LogP contribution is -2.56. The summed E-state index contributed by atoms with van der Waals surface area (Å²) in [5.41, 5.74) is 1.04. The molecule has 0 radical (unpaired) electrons. The Labute approximate surface area is 137 Å². The van der Waals surface area contributed by atoms with Crippen LogP contribution in [0.1, 0.15) is 44.6 Å². The molecule has 1 atom stereocenters. The first-order chi connectivity index (χ1) is 9.92. The van der Waals surface area contributed by atoms with Gasteiger partial charge >= 0.3 is 0 Å². The average Bonchev–Trinajstić information content (AvgIpc) is 2.36. The summed E-state index contributed by atoms with van der Waals surface area (Å²) >= 11 is 12.2. The van der Waals surface area contributed by atoms with E-state index in [1.165, 1.54) is 0 Å². The molecular weight excluding hydrogens is 305 g/mol. The minimum absolute atomic E-state index is 0.0801. The number of hydrogen-bond acceptors (Lipinski definition) is 2. The molecule has 1 fully saturated rings. The Bertz CT molecular complexity index is 524. The van der Waals surface area contributed by atoms with Gasteiger partial charge in [-0.3, -0.25) is 9.69 Å². The van der Waals surface area contributed by atoms with Crippen LogP contribution in [-0.4, -0.2) is 30.8 Å². The van der Waals surface area contributed by atoms with E-state index in [4.69, 9.17) is 23.2 Å². The topological polar surface area (TPSA) is 20.3 Å². The molecule has 1 aliphatic carbocycles. The smallest absolute Gasteiger partial charge is 0.150 e. The van der Waals surface area contributed by atoms with Crippen LogP contribution in [0.15, 0.2) is 18.2 Å². The van der Waals surface area contributed by atoms with Gasteiger partial charge in [-0.1, -0.05) is 42.6 Å². The quantitative estimate of drug-likeness (QED) is 0.753. The van der Waals surface area contributed by atoms with Gasteiger partial charge in [0.25, 0.3) is 0 Å². The van der Waals surface area contributed by atoms with Crippen molar-refractivity contribution in [1.82, 2.24) is 4.90 Å². The molecule has 0 heterocycles. The molecule has 0 bridgehead atoms. The third kappa shape index (κ3) is 3.13. The second-order valence-corrected chi connectivity index (χ2v) is 7.04. The second kappa shape index (κ2) is 6.68. The van der Waals surface area contributed by atoms with Gasteiger partial charge in [0.2, 0.25) is 0 Å². The molecule has 0 saturated heterocycles. The van der Waals surface area contributed by atoms with E-state index in [2.05, 4.69) is 11.8 Å². The van der Waals surface area contributed by atoms with E-state index < -0.39 is 0 Å². The van der Waals surface area contributed by atoms with Gasteiger partial charge < -0.3 is 0 Å². The highest BCUT2D eigenvalue weighted by Crippen LogP contribution is 2.49. The minimum Gasteiger partial charge on any atom is -0.299 e. The van der Waals surface area contributed by atoms with E-state index in [-0.39, 0.29) is 11.5 Å². The maximum Gasteiger partial charge on any atom is 0.150 e. The maximum atomic E-state index is 12.6. The van der Waals surface area contributed by atoms with Gasteiger partial charge in [0.05, 0.1) is 16.1 Å². The first kappa shape index (κ1) is 16.8. The molecule has 21 heavy (non-hydrogen) atoms. The predicted molar refractivity (Wildman–Crippen MR) is 89.4 cm³/mol. The molecule has 1 aromatic rings. The summed E-state index contributed by atoms with van der Waals surface area (Å²) in [5.74, 6) is 0.327. The highest BCUT2D eigenvalue weighted by molar-refractivity contribution is 6.42. The highest BCUT2D eigenvalue weighted by atomic mass is 35.5. The third-order valence-electron chi connectivity index (χ3n) is 4.58. The van der Waals surface area contributed by atoms with Crippen molar-refractivity contribution in [2.45, 2.75) is 50.5 Å². The molecule has 0 aromatic heterocycles. The molecule has 0 N–H and O–H groups in total. The van der Waals surface area contributed by atoms with Crippen LogP contribution in [0.2, 0.25) is 10.0 Å². The van der Waals surface area contributed by atoms with Gasteiger partial charge in [-0.2, -0.15) is 0 Å². The third-order valence-corrected chi connectivity index (χ3v) is 5.32. The van der Waals surface area contributed by atoms with Crippen LogP contribution in [0.25, 0.3) is 0 Å². The molecule has 0 amide bonds. The van der Waals surface area contributed by atoms with E-state index in [1.807, 2.05) is 32.3 Å². The molecule has 0 spiro atoms. The summed E-state index contributed by atoms with van der Waals surface area (Å²) in [5, 5.41) is 1.14.